The molecule has 0 bridgehead atoms. The Labute approximate surface area is 214 Å². The highest BCUT2D eigenvalue weighted by atomic mass is 16.5. The predicted molar refractivity (Wildman–Crippen MR) is 141 cm³/mol. The number of ether oxygens (including phenoxy) is 1. The van der Waals surface area contributed by atoms with Crippen LogP contribution in [0.2, 0.25) is 0 Å². The molecule has 8 heteroatoms. The normalized spacial score (nSPS) is 11.3. The maximum atomic E-state index is 12.0. The van der Waals surface area contributed by atoms with Gasteiger partial charge in [0.25, 0.3) is 0 Å². The van der Waals surface area contributed by atoms with Crippen molar-refractivity contribution in [2.45, 2.75) is 130 Å². The SMILES string of the molecule is CC(O)C(=O)O.CCOC(=O)CCCCCCCCCCCCCCCCC(=O)N(CC)CCN. The molecule has 0 spiro atoms. The maximum absolute atomic E-state index is 12.0. The van der Waals surface area contributed by atoms with Gasteiger partial charge in [-0.2, -0.15) is 0 Å². The number of likely N-dealkylation sites (N-methyl/N-ethyl adjacent to an activating group) is 1. The Balaban J connectivity index is 0. The van der Waals surface area contributed by atoms with Crippen LogP contribution in [-0.4, -0.2) is 65.3 Å². The van der Waals surface area contributed by atoms with Crippen LogP contribution < -0.4 is 5.73 Å². The van der Waals surface area contributed by atoms with Gasteiger partial charge in [0.15, 0.2) is 0 Å². The summed E-state index contributed by atoms with van der Waals surface area (Å²) in [6.45, 7) is 7.57. The van der Waals surface area contributed by atoms with Crippen molar-refractivity contribution in [3.8, 4) is 0 Å². The topological polar surface area (TPSA) is 130 Å². The largest absolute Gasteiger partial charge is 0.479 e. The second kappa shape index (κ2) is 26.9. The van der Waals surface area contributed by atoms with E-state index in [9.17, 15) is 14.4 Å². The van der Waals surface area contributed by atoms with Gasteiger partial charge < -0.3 is 25.6 Å². The Kier molecular flexibility index (Phi) is 27.3. The maximum Gasteiger partial charge on any atom is 0.332 e. The van der Waals surface area contributed by atoms with Gasteiger partial charge in [0.1, 0.15) is 6.10 Å². The molecule has 0 aliphatic heterocycles. The van der Waals surface area contributed by atoms with Crippen LogP contribution in [0, 0.1) is 0 Å². The Morgan fingerprint density at radius 3 is 1.46 bits per heavy atom. The Morgan fingerprint density at radius 2 is 1.14 bits per heavy atom. The zero-order valence-corrected chi connectivity index (χ0v) is 22.8. The van der Waals surface area contributed by atoms with Crippen molar-refractivity contribution in [2.75, 3.05) is 26.2 Å². The summed E-state index contributed by atoms with van der Waals surface area (Å²) in [5.74, 6) is -0.974. The highest BCUT2D eigenvalue weighted by Gasteiger charge is 2.09. The first-order valence-corrected chi connectivity index (χ1v) is 13.8. The van der Waals surface area contributed by atoms with E-state index in [-0.39, 0.29) is 11.9 Å². The van der Waals surface area contributed by atoms with Crippen LogP contribution in [0.3, 0.4) is 0 Å². The van der Waals surface area contributed by atoms with Crippen LogP contribution in [0.5, 0.6) is 0 Å². The zero-order valence-electron chi connectivity index (χ0n) is 22.8. The van der Waals surface area contributed by atoms with Gasteiger partial charge in [-0.1, -0.05) is 77.0 Å². The number of aliphatic hydroxyl groups excluding tert-OH is 1. The van der Waals surface area contributed by atoms with Crippen molar-refractivity contribution >= 4 is 17.8 Å². The smallest absolute Gasteiger partial charge is 0.332 e. The number of aliphatic hydroxyl groups is 1. The van der Waals surface area contributed by atoms with Crippen LogP contribution in [0.4, 0.5) is 0 Å². The summed E-state index contributed by atoms with van der Waals surface area (Å²) in [5, 5.41) is 15.8. The average molecular weight is 503 g/mol. The van der Waals surface area contributed by atoms with Gasteiger partial charge in [-0.15, -0.1) is 0 Å². The third-order valence-corrected chi connectivity index (χ3v) is 5.82. The van der Waals surface area contributed by atoms with Gasteiger partial charge in [0.05, 0.1) is 6.61 Å². The van der Waals surface area contributed by atoms with E-state index in [0.717, 1.165) is 25.8 Å². The van der Waals surface area contributed by atoms with E-state index in [2.05, 4.69) is 0 Å². The highest BCUT2D eigenvalue weighted by molar-refractivity contribution is 5.76. The molecule has 0 aromatic heterocycles. The molecule has 0 saturated carbocycles. The zero-order chi connectivity index (χ0) is 26.7. The number of carbonyl (C=O) groups is 3. The van der Waals surface area contributed by atoms with Crippen LogP contribution >= 0.6 is 0 Å². The molecule has 208 valence electrons. The first-order chi connectivity index (χ1) is 16.8. The van der Waals surface area contributed by atoms with Crippen LogP contribution in [0.15, 0.2) is 0 Å². The Morgan fingerprint density at radius 1 is 0.771 bits per heavy atom. The summed E-state index contributed by atoms with van der Waals surface area (Å²) in [4.78, 5) is 34.5. The number of nitrogens with zero attached hydrogens (tertiary/aromatic N) is 1. The lowest BCUT2D eigenvalue weighted by Gasteiger charge is -2.19. The van der Waals surface area contributed by atoms with Gasteiger partial charge in [-0.25, -0.2) is 4.79 Å². The standard InChI is InChI=1S/C24H48N2O3.C3H6O3/c1-3-26(22-21-25)23(27)19-17-15-13-11-9-7-5-6-8-10-12-14-16-18-20-24(28)29-4-2;1-2(4)3(5)6/h3-22,25H2,1-2H3;2,4H,1H3,(H,5,6). The fourth-order valence-corrected chi connectivity index (χ4v) is 3.67. The number of carbonyl (C=O) groups excluding carboxylic acids is 2. The van der Waals surface area contributed by atoms with Gasteiger partial charge >= 0.3 is 11.9 Å². The molecule has 0 fully saturated rings. The van der Waals surface area contributed by atoms with Gasteiger partial charge in [-0.3, -0.25) is 9.59 Å². The molecule has 0 aliphatic carbocycles. The molecule has 35 heavy (non-hydrogen) atoms. The van der Waals surface area contributed by atoms with E-state index < -0.39 is 12.1 Å². The van der Waals surface area contributed by atoms with E-state index in [4.69, 9.17) is 20.7 Å². The summed E-state index contributed by atoms with van der Waals surface area (Å²) in [6, 6.07) is 0. The summed E-state index contributed by atoms with van der Waals surface area (Å²) >= 11 is 0. The van der Waals surface area contributed by atoms with Crippen LogP contribution in [0.25, 0.3) is 0 Å². The van der Waals surface area contributed by atoms with Gasteiger partial charge in [0, 0.05) is 32.5 Å². The number of aliphatic carboxylic acids is 1. The molecule has 0 rings (SSSR count). The summed E-state index contributed by atoms with van der Waals surface area (Å²) in [6.07, 6.45) is 17.5. The molecule has 1 atom stereocenters. The second-order valence-electron chi connectivity index (χ2n) is 9.03. The minimum absolute atomic E-state index is 0.0494. The van der Waals surface area contributed by atoms with Crippen molar-refractivity contribution in [2.24, 2.45) is 5.73 Å². The minimum Gasteiger partial charge on any atom is -0.479 e. The monoisotopic (exact) mass is 502 g/mol. The summed E-state index contributed by atoms with van der Waals surface area (Å²) < 4.78 is 4.93. The molecule has 0 aromatic carbocycles. The lowest BCUT2D eigenvalue weighted by Crippen LogP contribution is -2.34. The van der Waals surface area contributed by atoms with Crippen molar-refractivity contribution in [3.05, 3.63) is 0 Å². The van der Waals surface area contributed by atoms with Crippen LogP contribution in [-0.2, 0) is 19.1 Å². The molecule has 0 heterocycles. The fraction of sp³-hybridized carbons (Fsp3) is 0.889. The number of hydrogen-bond acceptors (Lipinski definition) is 6. The lowest BCUT2D eigenvalue weighted by atomic mass is 10.0. The van der Waals surface area contributed by atoms with Crippen LogP contribution in [0.1, 0.15) is 124 Å². The fourth-order valence-electron chi connectivity index (χ4n) is 3.67. The highest BCUT2D eigenvalue weighted by Crippen LogP contribution is 2.14. The molecule has 8 nitrogen and oxygen atoms in total. The van der Waals surface area contributed by atoms with Gasteiger partial charge in [0.2, 0.25) is 5.91 Å². The van der Waals surface area contributed by atoms with E-state index in [1.807, 2.05) is 18.7 Å². The minimum atomic E-state index is -1.23. The van der Waals surface area contributed by atoms with Gasteiger partial charge in [-0.05, 0) is 33.6 Å². The molecular weight excluding hydrogens is 448 g/mol. The second-order valence-corrected chi connectivity index (χ2v) is 9.03. The van der Waals surface area contributed by atoms with E-state index in [1.54, 1.807) is 0 Å². The molecule has 4 N–H and O–H groups in total. The van der Waals surface area contributed by atoms with Crippen molar-refractivity contribution in [3.63, 3.8) is 0 Å². The summed E-state index contributed by atoms with van der Waals surface area (Å²) in [5.41, 5.74) is 5.54. The summed E-state index contributed by atoms with van der Waals surface area (Å²) in [7, 11) is 0. The van der Waals surface area contributed by atoms with Crippen molar-refractivity contribution < 1.29 is 29.3 Å². The Bertz CT molecular complexity index is 514. The van der Waals surface area contributed by atoms with E-state index >= 15 is 0 Å². The number of carboxylic acids is 1. The predicted octanol–water partition coefficient (Wildman–Crippen LogP) is 5.05. The number of hydrogen-bond donors (Lipinski definition) is 3. The first kappa shape index (κ1) is 35.5. The number of carboxylic acid groups (broad SMARTS) is 1. The number of amides is 1. The molecule has 0 aromatic rings. The number of esters is 1. The first-order valence-electron chi connectivity index (χ1n) is 13.8. The molecule has 0 aliphatic rings. The molecule has 0 radical (unpaired) electrons. The number of nitrogens with two attached hydrogens (primary N) is 1. The Hall–Kier alpha value is -1.67. The lowest BCUT2D eigenvalue weighted by molar-refractivity contribution is -0.145. The van der Waals surface area contributed by atoms with Crippen molar-refractivity contribution in [1.29, 1.82) is 0 Å². The quantitative estimate of drug-likeness (QED) is 0.139. The molecule has 0 saturated heterocycles. The number of rotatable bonds is 22. The number of unbranched alkanes of at least 4 members (excludes halogenated alkanes) is 13. The molecule has 1 unspecified atom stereocenters. The third kappa shape index (κ3) is 26.8. The van der Waals surface area contributed by atoms with E-state index in [1.165, 1.54) is 77.6 Å². The van der Waals surface area contributed by atoms with E-state index in [0.29, 0.717) is 32.5 Å². The van der Waals surface area contributed by atoms with Crippen molar-refractivity contribution in [1.82, 2.24) is 4.90 Å². The third-order valence-electron chi connectivity index (χ3n) is 5.82. The molecular formula is C27H54N2O6. The average Bonchev–Trinajstić information content (AvgIpc) is 2.82. The molecule has 1 amide bonds.